The van der Waals surface area contributed by atoms with E-state index in [1.807, 2.05) is 26.0 Å². The summed E-state index contributed by atoms with van der Waals surface area (Å²) in [5.41, 5.74) is 4.11. The molecule has 0 unspecified atom stereocenters. The van der Waals surface area contributed by atoms with Crippen molar-refractivity contribution < 1.29 is 9.84 Å². The highest BCUT2D eigenvalue weighted by Gasteiger charge is 2.09. The van der Waals surface area contributed by atoms with Crippen LogP contribution in [0.4, 0.5) is 0 Å². The van der Waals surface area contributed by atoms with Gasteiger partial charge in [0.2, 0.25) is 0 Å². The van der Waals surface area contributed by atoms with Crippen LogP contribution in [0.25, 0.3) is 0 Å². The van der Waals surface area contributed by atoms with E-state index >= 15 is 0 Å². The van der Waals surface area contributed by atoms with Gasteiger partial charge in [0, 0.05) is 5.02 Å². The molecule has 0 aliphatic heterocycles. The lowest BCUT2D eigenvalue weighted by Crippen LogP contribution is -1.94. The molecule has 0 spiro atoms. The van der Waals surface area contributed by atoms with Crippen molar-refractivity contribution in [3.8, 4) is 11.5 Å². The Morgan fingerprint density at radius 1 is 1.05 bits per heavy atom. The summed E-state index contributed by atoms with van der Waals surface area (Å²) in [4.78, 5) is 0. The van der Waals surface area contributed by atoms with Gasteiger partial charge in [-0.3, -0.25) is 0 Å². The van der Waals surface area contributed by atoms with Gasteiger partial charge < -0.3 is 9.84 Å². The van der Waals surface area contributed by atoms with Gasteiger partial charge in [-0.05, 0) is 55.2 Å². The molecule has 1 N–H and O–H groups in total. The first-order valence-corrected chi connectivity index (χ1v) is 6.54. The Labute approximate surface area is 118 Å². The molecule has 2 nitrogen and oxygen atoms in total. The third kappa shape index (κ3) is 2.91. The second-order valence-corrected chi connectivity index (χ2v) is 5.07. The van der Waals surface area contributed by atoms with Crippen LogP contribution in [-0.4, -0.2) is 5.11 Å². The molecular formula is C16H17ClO2. The minimum atomic E-state index is -0.0678. The number of aliphatic hydroxyl groups is 1. The van der Waals surface area contributed by atoms with Crippen LogP contribution in [0.1, 0.15) is 22.3 Å². The van der Waals surface area contributed by atoms with Gasteiger partial charge >= 0.3 is 0 Å². The second-order valence-electron chi connectivity index (χ2n) is 4.67. The molecular weight excluding hydrogens is 260 g/mol. The molecule has 2 aromatic carbocycles. The second kappa shape index (κ2) is 5.64. The van der Waals surface area contributed by atoms with Gasteiger partial charge in [-0.1, -0.05) is 29.8 Å². The number of rotatable bonds is 3. The third-order valence-electron chi connectivity index (χ3n) is 3.29. The van der Waals surface area contributed by atoms with E-state index in [1.54, 1.807) is 12.1 Å². The van der Waals surface area contributed by atoms with E-state index in [9.17, 15) is 0 Å². The quantitative estimate of drug-likeness (QED) is 0.891. The zero-order chi connectivity index (χ0) is 14.0. The van der Waals surface area contributed by atoms with Crippen molar-refractivity contribution in [2.75, 3.05) is 0 Å². The molecule has 100 valence electrons. The van der Waals surface area contributed by atoms with Gasteiger partial charge in [-0.15, -0.1) is 0 Å². The van der Waals surface area contributed by atoms with Gasteiger partial charge in [-0.2, -0.15) is 0 Å². The van der Waals surface area contributed by atoms with Gasteiger partial charge in [-0.25, -0.2) is 0 Å². The number of halogens is 1. The van der Waals surface area contributed by atoms with Crippen LogP contribution in [0.3, 0.4) is 0 Å². The topological polar surface area (TPSA) is 29.5 Å². The number of hydrogen-bond acceptors (Lipinski definition) is 2. The van der Waals surface area contributed by atoms with E-state index < -0.39 is 0 Å². The Morgan fingerprint density at radius 3 is 2.37 bits per heavy atom. The van der Waals surface area contributed by atoms with Crippen molar-refractivity contribution in [3.05, 3.63) is 57.6 Å². The van der Waals surface area contributed by atoms with Gasteiger partial charge in [0.05, 0.1) is 6.61 Å². The molecule has 19 heavy (non-hydrogen) atoms. The maximum atomic E-state index is 9.10. The van der Waals surface area contributed by atoms with E-state index in [-0.39, 0.29) is 6.61 Å². The van der Waals surface area contributed by atoms with Crippen LogP contribution in [0, 0.1) is 20.8 Å². The van der Waals surface area contributed by atoms with E-state index in [0.717, 1.165) is 16.9 Å². The van der Waals surface area contributed by atoms with Crippen LogP contribution in [0.2, 0.25) is 5.02 Å². The molecule has 0 heterocycles. The largest absolute Gasteiger partial charge is 0.457 e. The van der Waals surface area contributed by atoms with Crippen LogP contribution < -0.4 is 4.74 Å². The van der Waals surface area contributed by atoms with Crippen LogP contribution >= 0.6 is 11.6 Å². The molecule has 0 radical (unpaired) electrons. The lowest BCUT2D eigenvalue weighted by atomic mass is 10.1. The number of aliphatic hydroxyl groups excluding tert-OH is 1. The average molecular weight is 277 g/mol. The minimum Gasteiger partial charge on any atom is -0.457 e. The Morgan fingerprint density at radius 2 is 1.74 bits per heavy atom. The molecule has 0 aliphatic carbocycles. The SMILES string of the molecule is Cc1ccc(C)c(Oc2ccc(CO)c(Cl)c2)c1C. The predicted molar refractivity (Wildman–Crippen MR) is 78.1 cm³/mol. The first-order valence-electron chi connectivity index (χ1n) is 6.17. The predicted octanol–water partition coefficient (Wildman–Crippen LogP) is 4.55. The molecule has 0 atom stereocenters. The fourth-order valence-electron chi connectivity index (χ4n) is 1.92. The zero-order valence-electron chi connectivity index (χ0n) is 11.3. The first kappa shape index (κ1) is 13.9. The van der Waals surface area contributed by atoms with Crippen LogP contribution in [0.15, 0.2) is 30.3 Å². The van der Waals surface area contributed by atoms with Gasteiger partial charge in [0.15, 0.2) is 0 Å². The van der Waals surface area contributed by atoms with Crippen LogP contribution in [0.5, 0.6) is 11.5 Å². The fraction of sp³-hybridized carbons (Fsp3) is 0.250. The number of hydrogen-bond donors (Lipinski definition) is 1. The molecule has 2 rings (SSSR count). The van der Waals surface area contributed by atoms with Crippen molar-refractivity contribution in [1.29, 1.82) is 0 Å². The molecule has 0 fully saturated rings. The highest BCUT2D eigenvalue weighted by molar-refractivity contribution is 6.31. The van der Waals surface area contributed by atoms with Crippen molar-refractivity contribution in [1.82, 2.24) is 0 Å². The summed E-state index contributed by atoms with van der Waals surface area (Å²) >= 11 is 6.07. The minimum absolute atomic E-state index is 0.0678. The lowest BCUT2D eigenvalue weighted by Gasteiger charge is -2.14. The summed E-state index contributed by atoms with van der Waals surface area (Å²) in [6.45, 7) is 6.05. The third-order valence-corrected chi connectivity index (χ3v) is 3.64. The Balaban J connectivity index is 2.36. The van der Waals surface area contributed by atoms with E-state index in [4.69, 9.17) is 21.4 Å². The number of ether oxygens (including phenoxy) is 1. The summed E-state index contributed by atoms with van der Waals surface area (Å²) in [5, 5.41) is 9.62. The average Bonchev–Trinajstić information content (AvgIpc) is 2.39. The van der Waals surface area contributed by atoms with E-state index in [2.05, 4.69) is 13.0 Å². The van der Waals surface area contributed by atoms with E-state index in [1.165, 1.54) is 5.56 Å². The molecule has 2 aromatic rings. The first-order chi connectivity index (χ1) is 9.02. The molecule has 0 aromatic heterocycles. The fourth-order valence-corrected chi connectivity index (χ4v) is 2.15. The maximum absolute atomic E-state index is 9.10. The number of aryl methyl sites for hydroxylation is 2. The van der Waals surface area contributed by atoms with Gasteiger partial charge in [0.25, 0.3) is 0 Å². The monoisotopic (exact) mass is 276 g/mol. The summed E-state index contributed by atoms with van der Waals surface area (Å²) in [6, 6.07) is 9.45. The molecule has 3 heteroatoms. The molecule has 0 saturated heterocycles. The highest BCUT2D eigenvalue weighted by atomic mass is 35.5. The summed E-state index contributed by atoms with van der Waals surface area (Å²) < 4.78 is 5.93. The molecule has 0 saturated carbocycles. The van der Waals surface area contributed by atoms with Gasteiger partial charge in [0.1, 0.15) is 11.5 Å². The normalized spacial score (nSPS) is 10.6. The Kier molecular flexibility index (Phi) is 4.13. The van der Waals surface area contributed by atoms with Crippen LogP contribution in [-0.2, 0) is 6.61 Å². The van der Waals surface area contributed by atoms with Crippen molar-refractivity contribution >= 4 is 11.6 Å². The molecule has 0 bridgehead atoms. The van der Waals surface area contributed by atoms with Crippen molar-refractivity contribution in [2.45, 2.75) is 27.4 Å². The van der Waals surface area contributed by atoms with Crippen molar-refractivity contribution in [3.63, 3.8) is 0 Å². The van der Waals surface area contributed by atoms with Crippen molar-refractivity contribution in [2.24, 2.45) is 0 Å². The Hall–Kier alpha value is -1.51. The number of benzene rings is 2. The Bertz CT molecular complexity index is 606. The maximum Gasteiger partial charge on any atom is 0.133 e. The summed E-state index contributed by atoms with van der Waals surface area (Å²) in [6.07, 6.45) is 0. The summed E-state index contributed by atoms with van der Waals surface area (Å²) in [7, 11) is 0. The molecule has 0 amide bonds. The smallest absolute Gasteiger partial charge is 0.133 e. The standard InChI is InChI=1S/C16H17ClO2/c1-10-4-5-11(2)16(12(10)3)19-14-7-6-13(9-18)15(17)8-14/h4-8,18H,9H2,1-3H3. The summed E-state index contributed by atoms with van der Waals surface area (Å²) in [5.74, 6) is 1.55. The highest BCUT2D eigenvalue weighted by Crippen LogP contribution is 2.32. The zero-order valence-corrected chi connectivity index (χ0v) is 12.1. The lowest BCUT2D eigenvalue weighted by molar-refractivity contribution is 0.282. The van der Waals surface area contributed by atoms with E-state index in [0.29, 0.717) is 16.3 Å². The molecule has 0 aliphatic rings.